The predicted molar refractivity (Wildman–Crippen MR) is 127 cm³/mol. The Hall–Kier alpha value is -3.82. The van der Waals surface area contributed by atoms with Crippen molar-refractivity contribution in [3.05, 3.63) is 67.3 Å². The molecule has 3 aromatic rings. The van der Waals surface area contributed by atoms with Crippen LogP contribution in [-0.2, 0) is 6.54 Å². The van der Waals surface area contributed by atoms with Gasteiger partial charge in [-0.25, -0.2) is 4.79 Å². The zero-order chi connectivity index (χ0) is 24.1. The molecule has 0 fully saturated rings. The van der Waals surface area contributed by atoms with Gasteiger partial charge in [0.1, 0.15) is 17.1 Å². The number of H-pyrrole nitrogens is 2. The van der Waals surface area contributed by atoms with Crippen LogP contribution in [0.5, 0.6) is 0 Å². The predicted octanol–water partition coefficient (Wildman–Crippen LogP) is 2.56. The van der Waals surface area contributed by atoms with Crippen LogP contribution in [0.4, 0.5) is 11.5 Å². The number of anilines is 2. The quantitative estimate of drug-likeness (QED) is 0.452. The van der Waals surface area contributed by atoms with Gasteiger partial charge in [-0.2, -0.15) is 0 Å². The van der Waals surface area contributed by atoms with Gasteiger partial charge in [0.05, 0.1) is 12.0 Å². The Bertz CT molecular complexity index is 1280. The van der Waals surface area contributed by atoms with Gasteiger partial charge in [-0.1, -0.05) is 27.2 Å². The molecule has 1 amide bonds. The Morgan fingerprint density at radius 1 is 1.15 bits per heavy atom. The van der Waals surface area contributed by atoms with Crippen LogP contribution in [-0.4, -0.2) is 27.0 Å². The maximum Gasteiger partial charge on any atom is 0.330 e. The summed E-state index contributed by atoms with van der Waals surface area (Å²) in [5.74, 6) is -0.114. The number of carbonyl (C=O) groups is 1. The third-order valence-corrected chi connectivity index (χ3v) is 5.32. The molecule has 0 aliphatic carbocycles. The molecule has 10 heteroatoms. The summed E-state index contributed by atoms with van der Waals surface area (Å²) in [5, 5.41) is 0. The molecule has 0 aliphatic heterocycles. The highest BCUT2D eigenvalue weighted by molar-refractivity contribution is 6.07. The molecule has 176 valence electrons. The molecule has 0 unspecified atom stereocenters. The molecule has 3 heterocycles. The molecule has 0 spiro atoms. The maximum absolute atomic E-state index is 13.5. The van der Waals surface area contributed by atoms with Gasteiger partial charge in [-0.05, 0) is 43.0 Å². The summed E-state index contributed by atoms with van der Waals surface area (Å²) in [4.78, 5) is 57.4. The standard InChI is InChI=1S/C23H29N5O5/c1-4-5-11-28-19(24)18(21(30)26-23(28)32)27(12-10-14(2)3)22(31)15-8-9-16(25-20(15)29)17-7-6-13-33-17/h6-9,13-14H,4-5,10-12,24H2,1-3H3,(H,25,29)(H,26,30,32). The van der Waals surface area contributed by atoms with E-state index < -0.39 is 22.7 Å². The summed E-state index contributed by atoms with van der Waals surface area (Å²) in [6.45, 7) is 6.36. The molecule has 0 aromatic carbocycles. The van der Waals surface area contributed by atoms with Crippen molar-refractivity contribution in [3.8, 4) is 11.5 Å². The van der Waals surface area contributed by atoms with Crippen LogP contribution in [0.15, 0.2) is 49.3 Å². The Kier molecular flexibility index (Phi) is 7.37. The van der Waals surface area contributed by atoms with E-state index in [0.717, 1.165) is 6.42 Å². The first-order valence-corrected chi connectivity index (χ1v) is 11.0. The molecule has 0 atom stereocenters. The van der Waals surface area contributed by atoms with Gasteiger partial charge < -0.3 is 20.0 Å². The number of nitrogens with one attached hydrogen (secondary N) is 2. The number of furan rings is 1. The maximum atomic E-state index is 13.5. The number of hydrogen-bond acceptors (Lipinski definition) is 6. The van der Waals surface area contributed by atoms with Crippen LogP contribution < -0.4 is 27.4 Å². The van der Waals surface area contributed by atoms with Crippen LogP contribution >= 0.6 is 0 Å². The van der Waals surface area contributed by atoms with E-state index in [2.05, 4.69) is 9.97 Å². The largest absolute Gasteiger partial charge is 0.463 e. The number of aromatic amines is 2. The van der Waals surface area contributed by atoms with Crippen molar-refractivity contribution in [3.63, 3.8) is 0 Å². The summed E-state index contributed by atoms with van der Waals surface area (Å²) in [7, 11) is 0. The van der Waals surface area contributed by atoms with E-state index in [4.69, 9.17) is 10.2 Å². The first kappa shape index (κ1) is 23.8. The Morgan fingerprint density at radius 3 is 2.52 bits per heavy atom. The SMILES string of the molecule is CCCCn1c(N)c(N(CCC(C)C)C(=O)c2ccc(-c3ccco3)[nH]c2=O)c(=O)[nH]c1=O. The molecular formula is C23H29N5O5. The lowest BCUT2D eigenvalue weighted by atomic mass is 10.1. The monoisotopic (exact) mass is 455 g/mol. The van der Waals surface area contributed by atoms with Crippen LogP contribution in [0.3, 0.4) is 0 Å². The fraction of sp³-hybridized carbons (Fsp3) is 0.391. The number of pyridine rings is 1. The van der Waals surface area contributed by atoms with Crippen molar-refractivity contribution in [2.75, 3.05) is 17.2 Å². The second kappa shape index (κ2) is 10.2. The normalized spacial score (nSPS) is 11.2. The minimum atomic E-state index is -0.772. The van der Waals surface area contributed by atoms with Crippen molar-refractivity contribution in [2.45, 2.75) is 46.6 Å². The number of rotatable bonds is 9. The number of amides is 1. The Balaban J connectivity index is 2.09. The first-order valence-electron chi connectivity index (χ1n) is 11.0. The molecule has 0 aliphatic rings. The molecule has 3 rings (SSSR count). The minimum Gasteiger partial charge on any atom is -0.463 e. The van der Waals surface area contributed by atoms with Crippen molar-refractivity contribution in [1.29, 1.82) is 0 Å². The van der Waals surface area contributed by atoms with Gasteiger partial charge in [-0.3, -0.25) is 23.9 Å². The van der Waals surface area contributed by atoms with Crippen molar-refractivity contribution < 1.29 is 9.21 Å². The summed E-state index contributed by atoms with van der Waals surface area (Å²) in [5.41, 5.74) is 4.32. The highest BCUT2D eigenvalue weighted by atomic mass is 16.3. The highest BCUT2D eigenvalue weighted by Crippen LogP contribution is 2.21. The molecule has 0 saturated heterocycles. The number of aromatic nitrogens is 3. The van der Waals surface area contributed by atoms with Gasteiger partial charge in [0.15, 0.2) is 5.69 Å². The van der Waals surface area contributed by atoms with E-state index in [9.17, 15) is 19.2 Å². The lowest BCUT2D eigenvalue weighted by molar-refractivity contribution is 0.0984. The summed E-state index contributed by atoms with van der Waals surface area (Å²) in [6, 6.07) is 6.31. The van der Waals surface area contributed by atoms with E-state index >= 15 is 0 Å². The lowest BCUT2D eigenvalue weighted by Crippen LogP contribution is -2.43. The lowest BCUT2D eigenvalue weighted by Gasteiger charge is -2.25. The smallest absolute Gasteiger partial charge is 0.330 e. The molecule has 0 bridgehead atoms. The third-order valence-electron chi connectivity index (χ3n) is 5.32. The molecule has 0 saturated carbocycles. The van der Waals surface area contributed by atoms with E-state index in [1.807, 2.05) is 20.8 Å². The number of carbonyl (C=O) groups excluding carboxylic acids is 1. The molecule has 0 radical (unpaired) electrons. The minimum absolute atomic E-state index is 0.0991. The van der Waals surface area contributed by atoms with E-state index in [0.29, 0.717) is 30.8 Å². The molecule has 3 aromatic heterocycles. The first-order chi connectivity index (χ1) is 15.7. The van der Waals surface area contributed by atoms with Crippen molar-refractivity contribution in [1.82, 2.24) is 14.5 Å². The topological polar surface area (TPSA) is 147 Å². The second-order valence-corrected chi connectivity index (χ2v) is 8.23. The van der Waals surface area contributed by atoms with Gasteiger partial charge in [0, 0.05) is 13.1 Å². The fourth-order valence-corrected chi connectivity index (χ4v) is 3.44. The van der Waals surface area contributed by atoms with Gasteiger partial charge >= 0.3 is 5.69 Å². The van der Waals surface area contributed by atoms with Gasteiger partial charge in [0.2, 0.25) is 0 Å². The summed E-state index contributed by atoms with van der Waals surface area (Å²) in [6.07, 6.45) is 3.52. The average Bonchev–Trinajstić information content (AvgIpc) is 3.30. The van der Waals surface area contributed by atoms with Crippen LogP contribution in [0, 0.1) is 5.92 Å². The zero-order valence-electron chi connectivity index (χ0n) is 19.0. The summed E-state index contributed by atoms with van der Waals surface area (Å²) < 4.78 is 6.53. The number of nitrogens with two attached hydrogens (primary N) is 1. The van der Waals surface area contributed by atoms with Crippen molar-refractivity contribution in [2.24, 2.45) is 5.92 Å². The molecule has 33 heavy (non-hydrogen) atoms. The Labute approximate surface area is 190 Å². The van der Waals surface area contributed by atoms with Crippen LogP contribution in [0.2, 0.25) is 0 Å². The second-order valence-electron chi connectivity index (χ2n) is 8.23. The zero-order valence-corrected chi connectivity index (χ0v) is 19.0. The van der Waals surface area contributed by atoms with E-state index in [1.54, 1.807) is 18.2 Å². The molecule has 10 nitrogen and oxygen atoms in total. The highest BCUT2D eigenvalue weighted by Gasteiger charge is 2.27. The van der Waals surface area contributed by atoms with Crippen molar-refractivity contribution >= 4 is 17.4 Å². The molecular weight excluding hydrogens is 426 g/mol. The van der Waals surface area contributed by atoms with Crippen LogP contribution in [0.25, 0.3) is 11.5 Å². The van der Waals surface area contributed by atoms with Gasteiger partial charge in [-0.15, -0.1) is 0 Å². The number of nitrogens with zero attached hydrogens (tertiary/aromatic N) is 2. The third kappa shape index (κ3) is 5.16. The van der Waals surface area contributed by atoms with Crippen LogP contribution in [0.1, 0.15) is 50.4 Å². The number of nitrogen functional groups attached to an aromatic ring is 1. The summed E-state index contributed by atoms with van der Waals surface area (Å²) >= 11 is 0. The fourth-order valence-electron chi connectivity index (χ4n) is 3.44. The molecule has 4 N–H and O–H groups in total. The number of unbranched alkanes of at least 4 members (excludes halogenated alkanes) is 1. The number of hydrogen-bond donors (Lipinski definition) is 3. The average molecular weight is 456 g/mol. The van der Waals surface area contributed by atoms with Gasteiger partial charge in [0.25, 0.3) is 17.0 Å². The van der Waals surface area contributed by atoms with E-state index in [1.165, 1.54) is 21.8 Å². The Morgan fingerprint density at radius 2 is 1.91 bits per heavy atom. The van der Waals surface area contributed by atoms with E-state index in [-0.39, 0.29) is 29.5 Å².